The molecule has 0 amide bonds. The van der Waals surface area contributed by atoms with E-state index in [-0.39, 0.29) is 23.6 Å². The SMILES string of the molecule is CC1CS(=O)(=O)CCN1C(CN)c1ccc(Cl)s1. The molecule has 1 aliphatic heterocycles. The average Bonchev–Trinajstić information content (AvgIpc) is 2.68. The lowest BCUT2D eigenvalue weighted by molar-refractivity contribution is 0.164. The van der Waals surface area contributed by atoms with Gasteiger partial charge in [0.25, 0.3) is 0 Å². The normalized spacial score (nSPS) is 26.1. The number of sulfone groups is 1. The minimum atomic E-state index is -2.89. The topological polar surface area (TPSA) is 63.4 Å². The zero-order valence-electron chi connectivity index (χ0n) is 10.2. The second kappa shape index (κ2) is 5.46. The van der Waals surface area contributed by atoms with Gasteiger partial charge in [0, 0.05) is 24.0 Å². The van der Waals surface area contributed by atoms with E-state index in [9.17, 15) is 8.42 Å². The van der Waals surface area contributed by atoms with Crippen molar-refractivity contribution < 1.29 is 8.42 Å². The standard InChI is InChI=1S/C11H17ClN2O2S2/c1-8-7-18(15,16)5-4-14(8)9(6-13)10-2-3-11(12)17-10/h2-3,8-9H,4-7,13H2,1H3. The molecule has 0 aromatic carbocycles. The molecule has 2 unspecified atom stereocenters. The minimum Gasteiger partial charge on any atom is -0.329 e. The highest BCUT2D eigenvalue weighted by Gasteiger charge is 2.33. The molecule has 102 valence electrons. The lowest BCUT2D eigenvalue weighted by Crippen LogP contribution is -2.49. The zero-order chi connectivity index (χ0) is 13.3. The van der Waals surface area contributed by atoms with E-state index in [4.69, 9.17) is 17.3 Å². The first kappa shape index (κ1) is 14.3. The molecule has 1 aromatic heterocycles. The maximum atomic E-state index is 11.6. The van der Waals surface area contributed by atoms with Crippen LogP contribution in [0.25, 0.3) is 0 Å². The first-order valence-electron chi connectivity index (χ1n) is 5.84. The van der Waals surface area contributed by atoms with Crippen molar-refractivity contribution in [2.75, 3.05) is 24.6 Å². The number of halogens is 1. The summed E-state index contributed by atoms with van der Waals surface area (Å²) >= 11 is 7.46. The highest BCUT2D eigenvalue weighted by molar-refractivity contribution is 7.91. The van der Waals surface area contributed by atoms with Crippen molar-refractivity contribution in [3.05, 3.63) is 21.3 Å². The van der Waals surface area contributed by atoms with Crippen molar-refractivity contribution in [2.24, 2.45) is 5.73 Å². The molecule has 2 heterocycles. The van der Waals surface area contributed by atoms with E-state index in [2.05, 4.69) is 4.90 Å². The summed E-state index contributed by atoms with van der Waals surface area (Å²) in [4.78, 5) is 3.28. The smallest absolute Gasteiger partial charge is 0.153 e. The van der Waals surface area contributed by atoms with E-state index in [0.717, 1.165) is 9.21 Å². The van der Waals surface area contributed by atoms with Crippen molar-refractivity contribution in [3.8, 4) is 0 Å². The number of thiophene rings is 1. The molecule has 1 saturated heterocycles. The lowest BCUT2D eigenvalue weighted by Gasteiger charge is -2.38. The molecular formula is C11H17ClN2O2S2. The van der Waals surface area contributed by atoms with Crippen LogP contribution >= 0.6 is 22.9 Å². The summed E-state index contributed by atoms with van der Waals surface area (Å²) < 4.78 is 23.9. The van der Waals surface area contributed by atoms with Crippen molar-refractivity contribution in [3.63, 3.8) is 0 Å². The van der Waals surface area contributed by atoms with Gasteiger partial charge in [-0.25, -0.2) is 8.42 Å². The maximum absolute atomic E-state index is 11.6. The Kier molecular flexibility index (Phi) is 4.33. The highest BCUT2D eigenvalue weighted by Crippen LogP contribution is 2.32. The molecule has 1 aromatic rings. The van der Waals surface area contributed by atoms with E-state index >= 15 is 0 Å². The van der Waals surface area contributed by atoms with Gasteiger partial charge in [0.2, 0.25) is 0 Å². The fourth-order valence-corrected chi connectivity index (χ4v) is 5.17. The van der Waals surface area contributed by atoms with Gasteiger partial charge in [0.15, 0.2) is 9.84 Å². The predicted octanol–water partition coefficient (Wildman–Crippen LogP) is 1.52. The van der Waals surface area contributed by atoms with Gasteiger partial charge in [-0.05, 0) is 19.1 Å². The molecule has 1 fully saturated rings. The van der Waals surface area contributed by atoms with E-state index in [1.54, 1.807) is 0 Å². The first-order chi connectivity index (χ1) is 8.43. The third-order valence-corrected chi connectivity index (χ3v) is 6.40. The Hall–Kier alpha value is -0.140. The van der Waals surface area contributed by atoms with Gasteiger partial charge in [-0.3, -0.25) is 4.90 Å². The molecule has 18 heavy (non-hydrogen) atoms. The molecule has 0 bridgehead atoms. The van der Waals surface area contributed by atoms with Crippen LogP contribution in [0.4, 0.5) is 0 Å². The van der Waals surface area contributed by atoms with Crippen molar-refractivity contribution in [2.45, 2.75) is 19.0 Å². The zero-order valence-corrected chi connectivity index (χ0v) is 12.6. The summed E-state index contributed by atoms with van der Waals surface area (Å²) in [6.07, 6.45) is 0. The Morgan fingerprint density at radius 1 is 1.61 bits per heavy atom. The molecule has 2 atom stereocenters. The maximum Gasteiger partial charge on any atom is 0.153 e. The van der Waals surface area contributed by atoms with Crippen LogP contribution < -0.4 is 5.73 Å². The first-order valence-corrected chi connectivity index (χ1v) is 8.86. The molecule has 4 nitrogen and oxygen atoms in total. The molecule has 0 spiro atoms. The fraction of sp³-hybridized carbons (Fsp3) is 0.636. The molecule has 1 aliphatic rings. The summed E-state index contributed by atoms with van der Waals surface area (Å²) in [6.45, 7) is 2.96. The fourth-order valence-electron chi connectivity index (χ4n) is 2.40. The van der Waals surface area contributed by atoms with Crippen LogP contribution in [-0.4, -0.2) is 44.0 Å². The van der Waals surface area contributed by atoms with E-state index in [0.29, 0.717) is 13.1 Å². The quantitative estimate of drug-likeness (QED) is 0.919. The summed E-state index contributed by atoms with van der Waals surface area (Å²) in [5.41, 5.74) is 5.85. The van der Waals surface area contributed by atoms with Crippen molar-refractivity contribution in [1.29, 1.82) is 0 Å². The number of rotatable bonds is 3. The molecule has 0 radical (unpaired) electrons. The Morgan fingerprint density at radius 2 is 2.33 bits per heavy atom. The molecule has 2 N–H and O–H groups in total. The molecule has 2 rings (SSSR count). The summed E-state index contributed by atoms with van der Waals surface area (Å²) in [7, 11) is -2.89. The number of nitrogens with zero attached hydrogens (tertiary/aromatic N) is 1. The Bertz CT molecular complexity index is 515. The van der Waals surface area contributed by atoms with Gasteiger partial charge in [0.1, 0.15) is 0 Å². The van der Waals surface area contributed by atoms with E-state index < -0.39 is 9.84 Å². The second-order valence-electron chi connectivity index (χ2n) is 4.59. The predicted molar refractivity (Wildman–Crippen MR) is 75.9 cm³/mol. The van der Waals surface area contributed by atoms with Crippen LogP contribution in [0.1, 0.15) is 17.8 Å². The monoisotopic (exact) mass is 308 g/mol. The van der Waals surface area contributed by atoms with Crippen LogP contribution in [0.15, 0.2) is 12.1 Å². The van der Waals surface area contributed by atoms with Gasteiger partial charge in [0.05, 0.1) is 21.9 Å². The van der Waals surface area contributed by atoms with Crippen molar-refractivity contribution >= 4 is 32.8 Å². The minimum absolute atomic E-state index is 0.00169. The second-order valence-corrected chi connectivity index (χ2v) is 8.57. The number of hydrogen-bond acceptors (Lipinski definition) is 5. The van der Waals surface area contributed by atoms with E-state index in [1.165, 1.54) is 11.3 Å². The van der Waals surface area contributed by atoms with Crippen LogP contribution in [0, 0.1) is 0 Å². The molecule has 0 aliphatic carbocycles. The summed E-state index contributed by atoms with van der Waals surface area (Å²) in [6, 6.07) is 3.89. The molecule has 0 saturated carbocycles. The summed E-state index contributed by atoms with van der Waals surface area (Å²) in [5.74, 6) is 0.426. The van der Waals surface area contributed by atoms with Gasteiger partial charge in [-0.15, -0.1) is 11.3 Å². The number of hydrogen-bond donors (Lipinski definition) is 1. The average molecular weight is 309 g/mol. The molecule has 7 heteroatoms. The molecular weight excluding hydrogens is 292 g/mol. The van der Waals surface area contributed by atoms with Gasteiger partial charge in [-0.1, -0.05) is 11.6 Å². The van der Waals surface area contributed by atoms with Crippen molar-refractivity contribution in [1.82, 2.24) is 4.90 Å². The van der Waals surface area contributed by atoms with E-state index in [1.807, 2.05) is 19.1 Å². The third kappa shape index (κ3) is 3.05. The van der Waals surface area contributed by atoms with Crippen LogP contribution in [0.5, 0.6) is 0 Å². The van der Waals surface area contributed by atoms with Gasteiger partial charge >= 0.3 is 0 Å². The summed E-state index contributed by atoms with van der Waals surface area (Å²) in [5, 5.41) is 0. The van der Waals surface area contributed by atoms with Crippen LogP contribution in [0.2, 0.25) is 4.34 Å². The van der Waals surface area contributed by atoms with Gasteiger partial charge in [-0.2, -0.15) is 0 Å². The Labute approximate surface area is 117 Å². The largest absolute Gasteiger partial charge is 0.329 e. The van der Waals surface area contributed by atoms with Crippen LogP contribution in [0.3, 0.4) is 0 Å². The van der Waals surface area contributed by atoms with Crippen LogP contribution in [-0.2, 0) is 9.84 Å². The Morgan fingerprint density at radius 3 is 2.83 bits per heavy atom. The number of nitrogens with two attached hydrogens (primary N) is 1. The lowest BCUT2D eigenvalue weighted by atomic mass is 10.1. The third-order valence-electron chi connectivity index (χ3n) is 3.27. The Balaban J connectivity index is 2.19. The highest BCUT2D eigenvalue weighted by atomic mass is 35.5. The van der Waals surface area contributed by atoms with Gasteiger partial charge < -0.3 is 5.73 Å².